The van der Waals surface area contributed by atoms with Crippen molar-refractivity contribution in [3.63, 3.8) is 0 Å². The molecule has 1 N–H and O–H groups in total. The van der Waals surface area contributed by atoms with Gasteiger partial charge in [0.2, 0.25) is 11.8 Å². The molecule has 0 bridgehead atoms. The maximum absolute atomic E-state index is 12.3. The summed E-state index contributed by atoms with van der Waals surface area (Å²) in [4.78, 5) is 29.4. The molecule has 1 aromatic heterocycles. The molecule has 0 unspecified atom stereocenters. The molecular weight excluding hydrogens is 322 g/mol. The maximum Gasteiger partial charge on any atom is 0.246 e. The van der Waals surface area contributed by atoms with Crippen molar-refractivity contribution in [1.29, 1.82) is 0 Å². The second-order valence-corrected chi connectivity index (χ2v) is 8.65. The van der Waals surface area contributed by atoms with E-state index in [1.807, 2.05) is 49.0 Å². The van der Waals surface area contributed by atoms with Crippen LogP contribution in [-0.2, 0) is 9.59 Å². The van der Waals surface area contributed by atoms with E-state index in [0.29, 0.717) is 0 Å². The van der Waals surface area contributed by atoms with E-state index in [1.165, 1.54) is 4.88 Å². The molecule has 1 saturated carbocycles. The molecule has 6 heteroatoms. The van der Waals surface area contributed by atoms with Crippen LogP contribution < -0.4 is 5.32 Å². The zero-order valence-corrected chi connectivity index (χ0v) is 15.4. The molecule has 1 aromatic rings. The third-order valence-corrected chi connectivity index (χ3v) is 5.73. The Labute approximate surface area is 147 Å². The summed E-state index contributed by atoms with van der Waals surface area (Å²) in [5.41, 5.74) is 0.193. The van der Waals surface area contributed by atoms with E-state index in [0.717, 1.165) is 37.5 Å². The molecule has 2 amide bonds. The SMILES string of the molecule is Cc1ccc(NC(=O)C2CC3(C2)CN(C(=O)/C=C/CN(C)C)C3)s1. The molecule has 1 aliphatic heterocycles. The summed E-state index contributed by atoms with van der Waals surface area (Å²) in [5, 5.41) is 3.93. The van der Waals surface area contributed by atoms with Gasteiger partial charge in [-0.25, -0.2) is 0 Å². The highest BCUT2D eigenvalue weighted by molar-refractivity contribution is 7.16. The van der Waals surface area contributed by atoms with Crippen LogP contribution >= 0.6 is 11.3 Å². The van der Waals surface area contributed by atoms with Crippen molar-refractivity contribution >= 4 is 28.2 Å². The predicted octanol–water partition coefficient (Wildman–Crippen LogP) is 2.35. The fourth-order valence-electron chi connectivity index (χ4n) is 3.54. The van der Waals surface area contributed by atoms with Crippen LogP contribution in [-0.4, -0.2) is 55.3 Å². The summed E-state index contributed by atoms with van der Waals surface area (Å²) in [6.45, 7) is 4.39. The molecule has 5 nitrogen and oxygen atoms in total. The number of carbonyl (C=O) groups is 2. The van der Waals surface area contributed by atoms with Crippen LogP contribution in [0.3, 0.4) is 0 Å². The number of aryl methyl sites for hydroxylation is 1. The van der Waals surface area contributed by atoms with Crippen LogP contribution in [0.5, 0.6) is 0 Å². The molecule has 2 aliphatic rings. The zero-order valence-electron chi connectivity index (χ0n) is 14.5. The minimum absolute atomic E-state index is 0.0874. The van der Waals surface area contributed by atoms with Crippen LogP contribution in [0.15, 0.2) is 24.3 Å². The standard InChI is InChI=1S/C18H25N3O2S/c1-13-6-7-15(24-13)19-17(23)14-9-18(10-14)11-21(12-18)16(22)5-4-8-20(2)3/h4-7,14H,8-12H2,1-3H3,(H,19,23)/b5-4+. The molecule has 1 spiro atoms. The number of likely N-dealkylation sites (N-methyl/N-ethyl adjacent to an activating group) is 1. The Hall–Kier alpha value is -1.66. The fourth-order valence-corrected chi connectivity index (χ4v) is 4.31. The topological polar surface area (TPSA) is 52.7 Å². The zero-order chi connectivity index (χ0) is 17.3. The highest BCUT2D eigenvalue weighted by Gasteiger charge is 2.55. The molecule has 1 saturated heterocycles. The van der Waals surface area contributed by atoms with Crippen molar-refractivity contribution in [2.75, 3.05) is 39.0 Å². The van der Waals surface area contributed by atoms with Gasteiger partial charge in [0.05, 0.1) is 5.00 Å². The van der Waals surface area contributed by atoms with Gasteiger partial charge < -0.3 is 15.1 Å². The smallest absolute Gasteiger partial charge is 0.246 e. The number of hydrogen-bond donors (Lipinski definition) is 1. The number of hydrogen-bond acceptors (Lipinski definition) is 4. The number of nitrogens with one attached hydrogen (secondary N) is 1. The van der Waals surface area contributed by atoms with E-state index < -0.39 is 0 Å². The first-order valence-corrected chi connectivity index (χ1v) is 9.16. The van der Waals surface area contributed by atoms with Gasteiger partial charge in [-0.3, -0.25) is 9.59 Å². The summed E-state index contributed by atoms with van der Waals surface area (Å²) in [6.07, 6.45) is 5.35. The highest BCUT2D eigenvalue weighted by atomic mass is 32.1. The Morgan fingerprint density at radius 2 is 2.08 bits per heavy atom. The fraction of sp³-hybridized carbons (Fsp3) is 0.556. The molecule has 130 valence electrons. The molecular formula is C18H25N3O2S. The van der Waals surface area contributed by atoms with Gasteiger partial charge in [-0.2, -0.15) is 0 Å². The lowest BCUT2D eigenvalue weighted by atomic mass is 9.57. The molecule has 24 heavy (non-hydrogen) atoms. The van der Waals surface area contributed by atoms with E-state index in [4.69, 9.17) is 0 Å². The lowest BCUT2D eigenvalue weighted by Gasteiger charge is -2.58. The van der Waals surface area contributed by atoms with Gasteiger partial charge in [0, 0.05) is 41.9 Å². The molecule has 2 heterocycles. The van der Waals surface area contributed by atoms with E-state index in [9.17, 15) is 9.59 Å². The summed E-state index contributed by atoms with van der Waals surface area (Å²) < 4.78 is 0. The number of likely N-dealkylation sites (tertiary alicyclic amines) is 1. The maximum atomic E-state index is 12.3. The quantitative estimate of drug-likeness (QED) is 0.832. The van der Waals surface area contributed by atoms with Crippen LogP contribution in [0.1, 0.15) is 17.7 Å². The summed E-state index contributed by atoms with van der Waals surface area (Å²) in [7, 11) is 3.95. The van der Waals surface area contributed by atoms with Crippen molar-refractivity contribution in [3.05, 3.63) is 29.2 Å². The Morgan fingerprint density at radius 1 is 1.38 bits per heavy atom. The molecule has 2 fully saturated rings. The third-order valence-electron chi connectivity index (χ3n) is 4.81. The van der Waals surface area contributed by atoms with Crippen molar-refractivity contribution in [2.45, 2.75) is 19.8 Å². The van der Waals surface area contributed by atoms with Gasteiger partial charge in [0.15, 0.2) is 0 Å². The Bertz CT molecular complexity index is 651. The highest BCUT2D eigenvalue weighted by Crippen LogP contribution is 2.52. The van der Waals surface area contributed by atoms with Gasteiger partial charge in [0.1, 0.15) is 0 Å². The second kappa shape index (κ2) is 6.69. The number of nitrogens with zero attached hydrogens (tertiary/aromatic N) is 2. The van der Waals surface area contributed by atoms with Crippen molar-refractivity contribution in [2.24, 2.45) is 11.3 Å². The van der Waals surface area contributed by atoms with E-state index in [2.05, 4.69) is 5.32 Å². The monoisotopic (exact) mass is 347 g/mol. The largest absolute Gasteiger partial charge is 0.338 e. The Kier molecular flexibility index (Phi) is 4.78. The second-order valence-electron chi connectivity index (χ2n) is 7.36. The first kappa shape index (κ1) is 17.2. The molecule has 0 radical (unpaired) electrons. The average molecular weight is 347 g/mol. The van der Waals surface area contributed by atoms with Crippen molar-refractivity contribution in [1.82, 2.24) is 9.80 Å². The molecule has 3 rings (SSSR count). The number of rotatable bonds is 5. The minimum Gasteiger partial charge on any atom is -0.338 e. The summed E-state index contributed by atoms with van der Waals surface area (Å²) in [5.74, 6) is 0.302. The minimum atomic E-state index is 0.0874. The number of anilines is 1. The van der Waals surface area contributed by atoms with Crippen molar-refractivity contribution in [3.8, 4) is 0 Å². The normalized spacial score (nSPS) is 19.6. The molecule has 0 atom stereocenters. The third kappa shape index (κ3) is 3.70. The van der Waals surface area contributed by atoms with Gasteiger partial charge in [-0.05, 0) is 46.0 Å². The number of carbonyl (C=O) groups excluding carboxylic acids is 2. The van der Waals surface area contributed by atoms with E-state index in [1.54, 1.807) is 17.4 Å². The van der Waals surface area contributed by atoms with E-state index in [-0.39, 0.29) is 23.1 Å². The van der Waals surface area contributed by atoms with Crippen LogP contribution in [0.2, 0.25) is 0 Å². The molecule has 1 aliphatic carbocycles. The summed E-state index contributed by atoms with van der Waals surface area (Å²) >= 11 is 1.61. The van der Waals surface area contributed by atoms with Crippen molar-refractivity contribution < 1.29 is 9.59 Å². The Balaban J connectivity index is 1.40. The lowest BCUT2D eigenvalue weighted by molar-refractivity contribution is -0.154. The van der Waals surface area contributed by atoms with Crippen LogP contribution in [0.25, 0.3) is 0 Å². The van der Waals surface area contributed by atoms with E-state index >= 15 is 0 Å². The predicted molar refractivity (Wildman–Crippen MR) is 97.1 cm³/mol. The van der Waals surface area contributed by atoms with Gasteiger partial charge in [-0.15, -0.1) is 11.3 Å². The number of thiophene rings is 1. The lowest BCUT2D eigenvalue weighted by Crippen LogP contribution is -2.64. The Morgan fingerprint density at radius 3 is 2.67 bits per heavy atom. The average Bonchev–Trinajstić information content (AvgIpc) is 2.80. The molecule has 0 aromatic carbocycles. The van der Waals surface area contributed by atoms with Crippen LogP contribution in [0, 0.1) is 18.3 Å². The van der Waals surface area contributed by atoms with Gasteiger partial charge >= 0.3 is 0 Å². The van der Waals surface area contributed by atoms with Gasteiger partial charge in [0.25, 0.3) is 0 Å². The first-order valence-electron chi connectivity index (χ1n) is 8.34. The van der Waals surface area contributed by atoms with Crippen LogP contribution in [0.4, 0.5) is 5.00 Å². The van der Waals surface area contributed by atoms with Gasteiger partial charge in [-0.1, -0.05) is 6.08 Å². The number of amides is 2. The first-order chi connectivity index (χ1) is 11.4. The summed E-state index contributed by atoms with van der Waals surface area (Å²) in [6, 6.07) is 3.97.